The Hall–Kier alpha value is -5.46. The van der Waals surface area contributed by atoms with E-state index in [0.29, 0.717) is 11.5 Å². The molecule has 2 aliphatic heterocycles. The molecule has 10 atom stereocenters. The summed E-state index contributed by atoms with van der Waals surface area (Å²) in [4.78, 5) is 21.6. The number of aliphatic hydroxyl groups excluding tert-OH is 7. The fourth-order valence-corrected chi connectivity index (χ4v) is 6.27. The molecule has 6 aromatic carbocycles. The van der Waals surface area contributed by atoms with Crippen LogP contribution in [0.4, 0.5) is 0 Å². The number of carboxylic acid groups (broad SMARTS) is 2. The monoisotopic (exact) mass is 758 g/mol. The molecule has 288 valence electrons. The van der Waals surface area contributed by atoms with Gasteiger partial charge in [0, 0.05) is 0 Å². The first-order chi connectivity index (χ1) is 26.2. The number of fused-ring (bicyclic) bond motifs is 4. The molecule has 15 nitrogen and oxygen atoms in total. The van der Waals surface area contributed by atoms with Gasteiger partial charge in [-0.1, -0.05) is 60.7 Å². The van der Waals surface area contributed by atoms with Crippen molar-refractivity contribution in [1.82, 2.24) is 0 Å². The van der Waals surface area contributed by atoms with Gasteiger partial charge in [0.25, 0.3) is 0 Å². The van der Waals surface area contributed by atoms with Gasteiger partial charge in [-0.3, -0.25) is 0 Å². The number of rotatable bonds is 4. The number of phenolic OH excluding ortho intramolecular Hbond substituents is 1. The van der Waals surface area contributed by atoms with Crippen LogP contribution in [0.2, 0.25) is 0 Å². The van der Waals surface area contributed by atoms with Crippen molar-refractivity contribution in [2.75, 3.05) is 0 Å². The van der Waals surface area contributed by atoms with Crippen LogP contribution >= 0.6 is 0 Å². The van der Waals surface area contributed by atoms with Crippen molar-refractivity contribution in [3.05, 3.63) is 109 Å². The second-order valence-corrected chi connectivity index (χ2v) is 13.0. The van der Waals surface area contributed by atoms with Crippen LogP contribution in [-0.4, -0.2) is 124 Å². The third-order valence-corrected chi connectivity index (χ3v) is 9.26. The summed E-state index contributed by atoms with van der Waals surface area (Å²) in [5.74, 6) is -2.31. The SMILES string of the molecule is O=C(O)[C@H]1O[C@@H](O)[C@H](O)[C@@H](O)[C@@H]1O.O=C(O)[C@H]1O[C@@H](Oc2ccc3cc4ccccc4cc3c2)[C@H](O)[C@@H](O)[C@@H]1O.Oc1ccc2cc3ccccc3cc2c1. The molecular weight excluding hydrogens is 720 g/mol. The molecule has 0 amide bonds. The molecule has 0 radical (unpaired) electrons. The third-order valence-electron chi connectivity index (χ3n) is 9.26. The van der Waals surface area contributed by atoms with Gasteiger partial charge in [-0.05, 0) is 91.6 Å². The normalized spacial score (nSPS) is 27.8. The fourth-order valence-electron chi connectivity index (χ4n) is 6.27. The molecule has 8 rings (SSSR count). The Morgan fingerprint density at radius 3 is 1.38 bits per heavy atom. The molecule has 0 saturated carbocycles. The summed E-state index contributed by atoms with van der Waals surface area (Å²) in [6.45, 7) is 0. The molecular formula is C40H38O15. The van der Waals surface area contributed by atoms with Crippen molar-refractivity contribution in [2.24, 2.45) is 0 Å². The number of aromatic hydroxyl groups is 1. The van der Waals surface area contributed by atoms with Gasteiger partial charge in [-0.15, -0.1) is 0 Å². The summed E-state index contributed by atoms with van der Waals surface area (Å²) < 4.78 is 15.1. The maximum absolute atomic E-state index is 11.2. The smallest absolute Gasteiger partial charge is 0.335 e. The Morgan fingerprint density at radius 1 is 0.455 bits per heavy atom. The van der Waals surface area contributed by atoms with Crippen molar-refractivity contribution in [1.29, 1.82) is 0 Å². The number of aliphatic carboxylic acids is 2. The Bertz CT molecular complexity index is 2310. The highest BCUT2D eigenvalue weighted by atomic mass is 16.7. The number of hydrogen-bond donors (Lipinski definition) is 10. The van der Waals surface area contributed by atoms with E-state index in [1.807, 2.05) is 60.7 Å². The van der Waals surface area contributed by atoms with E-state index in [-0.39, 0.29) is 0 Å². The first-order valence-electron chi connectivity index (χ1n) is 17.0. The first-order valence-corrected chi connectivity index (χ1v) is 17.0. The van der Waals surface area contributed by atoms with E-state index >= 15 is 0 Å². The van der Waals surface area contributed by atoms with Crippen LogP contribution in [0.5, 0.6) is 11.5 Å². The molecule has 0 aromatic heterocycles. The Labute approximate surface area is 311 Å². The van der Waals surface area contributed by atoms with Crippen LogP contribution in [-0.2, 0) is 19.1 Å². The zero-order valence-corrected chi connectivity index (χ0v) is 28.7. The van der Waals surface area contributed by atoms with Gasteiger partial charge in [0.05, 0.1) is 0 Å². The summed E-state index contributed by atoms with van der Waals surface area (Å²) >= 11 is 0. The molecule has 2 fully saturated rings. The number of carboxylic acids is 2. The van der Waals surface area contributed by atoms with Crippen LogP contribution in [0.1, 0.15) is 0 Å². The minimum atomic E-state index is -1.81. The Kier molecular flexibility index (Phi) is 11.8. The predicted octanol–water partition coefficient (Wildman–Crippen LogP) is 1.83. The number of benzene rings is 6. The van der Waals surface area contributed by atoms with E-state index in [0.717, 1.165) is 32.3 Å². The molecule has 2 saturated heterocycles. The van der Waals surface area contributed by atoms with Gasteiger partial charge >= 0.3 is 11.9 Å². The molecule has 0 bridgehead atoms. The van der Waals surface area contributed by atoms with E-state index in [4.69, 9.17) is 40.1 Å². The maximum Gasteiger partial charge on any atom is 0.335 e. The van der Waals surface area contributed by atoms with E-state index in [1.54, 1.807) is 24.3 Å². The van der Waals surface area contributed by atoms with Crippen molar-refractivity contribution in [2.45, 2.75) is 61.4 Å². The number of hydrogen-bond acceptors (Lipinski definition) is 13. The third kappa shape index (κ3) is 8.60. The van der Waals surface area contributed by atoms with Crippen LogP contribution in [0.25, 0.3) is 43.1 Å². The van der Waals surface area contributed by atoms with Gasteiger partial charge in [-0.2, -0.15) is 0 Å². The van der Waals surface area contributed by atoms with Crippen molar-refractivity contribution < 1.29 is 74.9 Å². The number of aliphatic hydroxyl groups is 7. The zero-order valence-electron chi connectivity index (χ0n) is 28.7. The van der Waals surface area contributed by atoms with Crippen LogP contribution < -0.4 is 4.74 Å². The highest BCUT2D eigenvalue weighted by molar-refractivity contribution is 5.99. The largest absolute Gasteiger partial charge is 0.508 e. The summed E-state index contributed by atoms with van der Waals surface area (Å²) in [5.41, 5.74) is 0. The van der Waals surface area contributed by atoms with Crippen LogP contribution in [0.3, 0.4) is 0 Å². The van der Waals surface area contributed by atoms with Crippen LogP contribution in [0, 0.1) is 0 Å². The lowest BCUT2D eigenvalue weighted by Gasteiger charge is -2.38. The Balaban J connectivity index is 0.000000155. The van der Waals surface area contributed by atoms with Gasteiger partial charge in [-0.25, -0.2) is 9.59 Å². The summed E-state index contributed by atoms with van der Waals surface area (Å²) in [6, 6.07) is 35.1. The lowest BCUT2D eigenvalue weighted by Crippen LogP contribution is -2.61. The first kappa shape index (κ1) is 39.2. The summed E-state index contributed by atoms with van der Waals surface area (Å²) in [5, 5.41) is 101. The van der Waals surface area contributed by atoms with E-state index in [1.165, 1.54) is 10.8 Å². The molecule has 6 aromatic rings. The van der Waals surface area contributed by atoms with Crippen molar-refractivity contribution >= 4 is 55.0 Å². The van der Waals surface area contributed by atoms with E-state index in [2.05, 4.69) is 29.0 Å². The van der Waals surface area contributed by atoms with Crippen molar-refractivity contribution in [3.63, 3.8) is 0 Å². The number of ether oxygens (including phenoxy) is 3. The molecule has 55 heavy (non-hydrogen) atoms. The fraction of sp³-hybridized carbons (Fsp3) is 0.250. The lowest BCUT2D eigenvalue weighted by atomic mass is 9.99. The average Bonchev–Trinajstić information content (AvgIpc) is 3.17. The van der Waals surface area contributed by atoms with Crippen LogP contribution in [0.15, 0.2) is 109 Å². The molecule has 0 unspecified atom stereocenters. The standard InChI is InChI=1S/C20H18O7.C14H10O.C6H10O7/c21-15-16(22)18(19(24)25)27-20(17(15)23)26-14-6-5-12-7-10-3-1-2-4-11(10)8-13(12)9-14;15-14-6-5-12-7-10-3-1-2-4-11(10)8-13(12)9-14;7-1-2(8)4(5(10)11)13-6(12)3(1)9/h1-9,15-18,20-23H,(H,24,25);1-9,15H;1-4,6-9,12H,(H,10,11)/t15-,16-,17+,18-,20+;;1-,2-,3+,4-,6+/m0.0/s1. The van der Waals surface area contributed by atoms with Crippen molar-refractivity contribution in [3.8, 4) is 11.5 Å². The molecule has 0 aliphatic carbocycles. The van der Waals surface area contributed by atoms with Gasteiger partial charge in [0.2, 0.25) is 6.29 Å². The molecule has 0 spiro atoms. The highest BCUT2D eigenvalue weighted by Gasteiger charge is 2.48. The van der Waals surface area contributed by atoms with Gasteiger partial charge in [0.15, 0.2) is 18.5 Å². The van der Waals surface area contributed by atoms with E-state index in [9.17, 15) is 30.0 Å². The summed E-state index contributed by atoms with van der Waals surface area (Å²) in [6.07, 6.45) is -16.9. The topological polar surface area (TPSA) is 264 Å². The number of phenols is 1. The summed E-state index contributed by atoms with van der Waals surface area (Å²) in [7, 11) is 0. The Morgan fingerprint density at radius 2 is 0.873 bits per heavy atom. The second-order valence-electron chi connectivity index (χ2n) is 13.0. The van der Waals surface area contributed by atoms with Gasteiger partial charge < -0.3 is 65.3 Å². The zero-order chi connectivity index (χ0) is 39.6. The molecule has 15 heteroatoms. The van der Waals surface area contributed by atoms with E-state index < -0.39 is 73.4 Å². The highest BCUT2D eigenvalue weighted by Crippen LogP contribution is 2.30. The van der Waals surface area contributed by atoms with Gasteiger partial charge in [0.1, 0.15) is 48.1 Å². The average molecular weight is 759 g/mol. The number of carbonyl (C=O) groups is 2. The minimum absolute atomic E-state index is 0.317. The quantitative estimate of drug-likeness (QED) is 0.115. The molecule has 2 aliphatic rings. The minimum Gasteiger partial charge on any atom is -0.508 e. The molecule has 2 heterocycles. The maximum atomic E-state index is 11.2. The predicted molar refractivity (Wildman–Crippen MR) is 196 cm³/mol. The second kappa shape index (κ2) is 16.5. The molecule has 10 N–H and O–H groups in total. The lowest BCUT2D eigenvalue weighted by molar-refractivity contribution is -0.279.